The summed E-state index contributed by atoms with van der Waals surface area (Å²) in [5, 5.41) is 15.4. The van der Waals surface area contributed by atoms with Crippen LogP contribution in [0.15, 0.2) is 36.7 Å². The highest BCUT2D eigenvalue weighted by molar-refractivity contribution is 5.90. The SMILES string of the molecule is Cc1cnn(CC(=O)Nc2ccc(C#N)cc2)c1. The van der Waals surface area contributed by atoms with Gasteiger partial charge < -0.3 is 5.32 Å². The number of rotatable bonds is 3. The molecule has 0 spiro atoms. The van der Waals surface area contributed by atoms with Crippen LogP contribution in [0.1, 0.15) is 11.1 Å². The first-order valence-electron chi connectivity index (χ1n) is 5.46. The number of aromatic nitrogens is 2. The van der Waals surface area contributed by atoms with Gasteiger partial charge in [0.1, 0.15) is 6.54 Å². The minimum atomic E-state index is -0.150. The van der Waals surface area contributed by atoms with Crippen LogP contribution in [0.3, 0.4) is 0 Å². The minimum absolute atomic E-state index is 0.150. The number of nitriles is 1. The predicted molar refractivity (Wildman–Crippen MR) is 66.8 cm³/mol. The van der Waals surface area contributed by atoms with Crippen molar-refractivity contribution < 1.29 is 4.79 Å². The van der Waals surface area contributed by atoms with Gasteiger partial charge in [-0.1, -0.05) is 0 Å². The summed E-state index contributed by atoms with van der Waals surface area (Å²) in [4.78, 5) is 11.7. The molecule has 1 amide bonds. The van der Waals surface area contributed by atoms with E-state index in [1.54, 1.807) is 41.3 Å². The Hall–Kier alpha value is -2.61. The van der Waals surface area contributed by atoms with Crippen LogP contribution in [0.5, 0.6) is 0 Å². The lowest BCUT2D eigenvalue weighted by molar-refractivity contribution is -0.116. The summed E-state index contributed by atoms with van der Waals surface area (Å²) in [6.07, 6.45) is 3.51. The van der Waals surface area contributed by atoms with Gasteiger partial charge >= 0.3 is 0 Å². The van der Waals surface area contributed by atoms with Crippen molar-refractivity contribution in [3.05, 3.63) is 47.8 Å². The summed E-state index contributed by atoms with van der Waals surface area (Å²) in [6.45, 7) is 2.09. The summed E-state index contributed by atoms with van der Waals surface area (Å²) in [7, 11) is 0. The number of aryl methyl sites for hydroxylation is 1. The molecule has 0 fully saturated rings. The van der Waals surface area contributed by atoms with Crippen LogP contribution in [-0.4, -0.2) is 15.7 Å². The number of carbonyl (C=O) groups excluding carboxylic acids is 1. The average Bonchev–Trinajstić information content (AvgIpc) is 2.75. The molecule has 1 aromatic heterocycles. The maximum absolute atomic E-state index is 11.7. The van der Waals surface area contributed by atoms with Crippen molar-refractivity contribution in [2.45, 2.75) is 13.5 Å². The molecule has 0 aliphatic carbocycles. The van der Waals surface area contributed by atoms with Crippen molar-refractivity contribution in [3.8, 4) is 6.07 Å². The summed E-state index contributed by atoms with van der Waals surface area (Å²) < 4.78 is 1.58. The van der Waals surface area contributed by atoms with E-state index in [0.29, 0.717) is 11.3 Å². The number of amides is 1. The largest absolute Gasteiger partial charge is 0.324 e. The molecular formula is C13H12N4O. The van der Waals surface area contributed by atoms with E-state index in [2.05, 4.69) is 10.4 Å². The zero-order chi connectivity index (χ0) is 13.0. The summed E-state index contributed by atoms with van der Waals surface area (Å²) in [5.41, 5.74) is 2.25. The van der Waals surface area contributed by atoms with Gasteiger partial charge in [0.2, 0.25) is 5.91 Å². The molecule has 90 valence electrons. The fourth-order valence-corrected chi connectivity index (χ4v) is 1.53. The summed E-state index contributed by atoms with van der Waals surface area (Å²) in [6, 6.07) is 8.74. The molecule has 2 rings (SSSR count). The Morgan fingerprint density at radius 1 is 1.44 bits per heavy atom. The number of nitrogens with one attached hydrogen (secondary N) is 1. The zero-order valence-corrected chi connectivity index (χ0v) is 9.92. The normalized spacial score (nSPS) is 9.78. The Labute approximate surface area is 105 Å². The molecule has 5 heteroatoms. The highest BCUT2D eigenvalue weighted by Gasteiger charge is 2.04. The van der Waals surface area contributed by atoms with Gasteiger partial charge in [-0.15, -0.1) is 0 Å². The van der Waals surface area contributed by atoms with E-state index in [1.165, 1.54) is 0 Å². The maximum atomic E-state index is 11.7. The third-order valence-corrected chi connectivity index (χ3v) is 2.37. The molecule has 1 N–H and O–H groups in total. The Morgan fingerprint density at radius 3 is 2.72 bits per heavy atom. The van der Waals surface area contributed by atoms with Crippen LogP contribution >= 0.6 is 0 Å². The number of anilines is 1. The van der Waals surface area contributed by atoms with Crippen molar-refractivity contribution in [1.29, 1.82) is 5.26 Å². The molecule has 0 saturated carbocycles. The van der Waals surface area contributed by atoms with Gasteiger partial charge in [-0.3, -0.25) is 9.48 Å². The van der Waals surface area contributed by atoms with E-state index in [9.17, 15) is 4.79 Å². The first-order valence-corrected chi connectivity index (χ1v) is 5.46. The quantitative estimate of drug-likeness (QED) is 0.887. The molecule has 0 unspecified atom stereocenters. The molecule has 2 aromatic rings. The van der Waals surface area contributed by atoms with Crippen LogP contribution in [0.25, 0.3) is 0 Å². The molecular weight excluding hydrogens is 228 g/mol. The zero-order valence-electron chi connectivity index (χ0n) is 9.92. The van der Waals surface area contributed by atoms with Crippen LogP contribution in [0.4, 0.5) is 5.69 Å². The second kappa shape index (κ2) is 5.15. The van der Waals surface area contributed by atoms with Crippen molar-refractivity contribution in [2.24, 2.45) is 0 Å². The Morgan fingerprint density at radius 2 is 2.17 bits per heavy atom. The van der Waals surface area contributed by atoms with Gasteiger partial charge in [-0.25, -0.2) is 0 Å². The highest BCUT2D eigenvalue weighted by Crippen LogP contribution is 2.08. The third kappa shape index (κ3) is 2.95. The number of carbonyl (C=O) groups is 1. The smallest absolute Gasteiger partial charge is 0.246 e. The Balaban J connectivity index is 1.96. The number of hydrogen-bond donors (Lipinski definition) is 1. The number of benzene rings is 1. The van der Waals surface area contributed by atoms with E-state index < -0.39 is 0 Å². The standard InChI is InChI=1S/C13H12N4O/c1-10-7-15-17(8-10)9-13(18)16-12-4-2-11(6-14)3-5-12/h2-5,7-8H,9H2,1H3,(H,16,18). The van der Waals surface area contributed by atoms with Gasteiger partial charge in [0.25, 0.3) is 0 Å². The van der Waals surface area contributed by atoms with E-state index >= 15 is 0 Å². The van der Waals surface area contributed by atoms with E-state index in [1.807, 2.05) is 13.0 Å². The summed E-state index contributed by atoms with van der Waals surface area (Å²) >= 11 is 0. The van der Waals surface area contributed by atoms with Gasteiger partial charge in [-0.2, -0.15) is 10.4 Å². The topological polar surface area (TPSA) is 70.7 Å². The highest BCUT2D eigenvalue weighted by atomic mass is 16.2. The lowest BCUT2D eigenvalue weighted by atomic mass is 10.2. The molecule has 1 heterocycles. The van der Waals surface area contributed by atoms with E-state index in [0.717, 1.165) is 5.56 Å². The minimum Gasteiger partial charge on any atom is -0.324 e. The van der Waals surface area contributed by atoms with Crippen molar-refractivity contribution in [3.63, 3.8) is 0 Å². The van der Waals surface area contributed by atoms with Crippen LogP contribution in [0.2, 0.25) is 0 Å². The molecule has 0 saturated heterocycles. The average molecular weight is 240 g/mol. The predicted octanol–water partition coefficient (Wildman–Crippen LogP) is 1.70. The molecule has 0 atom stereocenters. The van der Waals surface area contributed by atoms with Crippen molar-refractivity contribution in [2.75, 3.05) is 5.32 Å². The molecule has 0 aliphatic heterocycles. The molecule has 0 bridgehead atoms. The fourth-order valence-electron chi connectivity index (χ4n) is 1.53. The lowest BCUT2D eigenvalue weighted by Crippen LogP contribution is -2.18. The first kappa shape index (κ1) is 11.9. The molecule has 5 nitrogen and oxygen atoms in total. The lowest BCUT2D eigenvalue weighted by Gasteiger charge is -2.05. The molecule has 1 aromatic carbocycles. The third-order valence-electron chi connectivity index (χ3n) is 2.37. The molecule has 18 heavy (non-hydrogen) atoms. The van der Waals surface area contributed by atoms with Crippen molar-refractivity contribution >= 4 is 11.6 Å². The molecule has 0 aliphatic rings. The van der Waals surface area contributed by atoms with Gasteiger partial charge in [-0.05, 0) is 36.8 Å². The number of nitrogens with zero attached hydrogens (tertiary/aromatic N) is 3. The molecule has 0 radical (unpaired) electrons. The maximum Gasteiger partial charge on any atom is 0.246 e. The van der Waals surface area contributed by atoms with Crippen LogP contribution < -0.4 is 5.32 Å². The Kier molecular flexibility index (Phi) is 3.39. The van der Waals surface area contributed by atoms with Gasteiger partial charge in [0.05, 0.1) is 17.8 Å². The van der Waals surface area contributed by atoms with Crippen molar-refractivity contribution in [1.82, 2.24) is 9.78 Å². The van der Waals surface area contributed by atoms with Gasteiger partial charge in [0.15, 0.2) is 0 Å². The number of hydrogen-bond acceptors (Lipinski definition) is 3. The van der Waals surface area contributed by atoms with Crippen LogP contribution in [0, 0.1) is 18.3 Å². The van der Waals surface area contributed by atoms with Crippen LogP contribution in [-0.2, 0) is 11.3 Å². The van der Waals surface area contributed by atoms with E-state index in [-0.39, 0.29) is 12.5 Å². The second-order valence-electron chi connectivity index (χ2n) is 3.95. The second-order valence-corrected chi connectivity index (χ2v) is 3.95. The Bertz CT molecular complexity index is 592. The summed E-state index contributed by atoms with van der Waals surface area (Å²) in [5.74, 6) is -0.150. The van der Waals surface area contributed by atoms with Gasteiger partial charge in [0, 0.05) is 11.9 Å². The monoisotopic (exact) mass is 240 g/mol. The first-order chi connectivity index (χ1) is 8.67. The van der Waals surface area contributed by atoms with E-state index in [4.69, 9.17) is 5.26 Å². The fraction of sp³-hybridized carbons (Fsp3) is 0.154.